The van der Waals surface area contributed by atoms with E-state index >= 15 is 0 Å². The van der Waals surface area contributed by atoms with Crippen molar-refractivity contribution in [2.45, 2.75) is 25.5 Å². The van der Waals surface area contributed by atoms with Gasteiger partial charge in [0, 0.05) is 25.0 Å². The molecule has 0 aliphatic rings. The first-order valence-electron chi connectivity index (χ1n) is 4.80. The van der Waals surface area contributed by atoms with E-state index in [-0.39, 0.29) is 17.5 Å². The molecule has 3 nitrogen and oxygen atoms in total. The van der Waals surface area contributed by atoms with Crippen LogP contribution in [0, 0.1) is 6.92 Å². The standard InChI is InChI=1S/C9H14F3N3S/c1-7-14-6-8(5-13-2)15(7)3-4-16-9(10,11)12/h6,13H,3-5H2,1-2H3. The number of rotatable bonds is 5. The third-order valence-corrected chi connectivity index (χ3v) is 2.79. The Balaban J connectivity index is 2.55. The van der Waals surface area contributed by atoms with Crippen LogP contribution in [0.25, 0.3) is 0 Å². The van der Waals surface area contributed by atoms with Crippen molar-refractivity contribution in [2.75, 3.05) is 12.8 Å². The van der Waals surface area contributed by atoms with Gasteiger partial charge in [0.25, 0.3) is 0 Å². The first kappa shape index (κ1) is 13.4. The molecule has 0 saturated carbocycles. The minimum Gasteiger partial charge on any atom is -0.330 e. The highest BCUT2D eigenvalue weighted by Gasteiger charge is 2.27. The van der Waals surface area contributed by atoms with E-state index in [1.165, 1.54) is 0 Å². The third-order valence-electron chi connectivity index (χ3n) is 2.08. The van der Waals surface area contributed by atoms with Gasteiger partial charge in [-0.1, -0.05) is 0 Å². The molecule has 1 N–H and O–H groups in total. The number of nitrogens with one attached hydrogen (secondary N) is 1. The molecule has 0 aliphatic heterocycles. The van der Waals surface area contributed by atoms with Gasteiger partial charge in [0.05, 0.1) is 5.69 Å². The average molecular weight is 253 g/mol. The van der Waals surface area contributed by atoms with Crippen molar-refractivity contribution in [3.63, 3.8) is 0 Å². The summed E-state index contributed by atoms with van der Waals surface area (Å²) >= 11 is -0.00172. The number of hydrogen-bond donors (Lipinski definition) is 1. The Morgan fingerprint density at radius 2 is 2.19 bits per heavy atom. The van der Waals surface area contributed by atoms with Crippen LogP contribution in [0.5, 0.6) is 0 Å². The summed E-state index contributed by atoms with van der Waals surface area (Å²) in [7, 11) is 1.79. The zero-order chi connectivity index (χ0) is 12.2. The Kier molecular flexibility index (Phi) is 4.67. The summed E-state index contributed by atoms with van der Waals surface area (Å²) in [5.41, 5.74) is -3.25. The monoisotopic (exact) mass is 253 g/mol. The Morgan fingerprint density at radius 3 is 2.75 bits per heavy atom. The lowest BCUT2D eigenvalue weighted by atomic mass is 10.4. The van der Waals surface area contributed by atoms with Gasteiger partial charge in [0.15, 0.2) is 0 Å². The van der Waals surface area contributed by atoms with Crippen LogP contribution in [0.4, 0.5) is 13.2 Å². The summed E-state index contributed by atoms with van der Waals surface area (Å²) in [4.78, 5) is 4.08. The molecular weight excluding hydrogens is 239 g/mol. The Labute approximate surface area is 96.4 Å². The fourth-order valence-corrected chi connectivity index (χ4v) is 1.90. The molecule has 0 bridgehead atoms. The minimum absolute atomic E-state index is 0.00172. The largest absolute Gasteiger partial charge is 0.441 e. The number of imidazole rings is 1. The lowest BCUT2D eigenvalue weighted by Gasteiger charge is -2.10. The van der Waals surface area contributed by atoms with Crippen LogP contribution >= 0.6 is 11.8 Å². The maximum atomic E-state index is 12.0. The molecule has 1 aromatic heterocycles. The molecule has 0 atom stereocenters. The van der Waals surface area contributed by atoms with E-state index < -0.39 is 5.51 Å². The zero-order valence-corrected chi connectivity index (χ0v) is 9.95. The van der Waals surface area contributed by atoms with E-state index in [0.717, 1.165) is 11.5 Å². The number of alkyl halides is 3. The maximum Gasteiger partial charge on any atom is 0.441 e. The van der Waals surface area contributed by atoms with Crippen LogP contribution in [0.15, 0.2) is 6.20 Å². The van der Waals surface area contributed by atoms with Crippen LogP contribution in [0.2, 0.25) is 0 Å². The highest BCUT2D eigenvalue weighted by Crippen LogP contribution is 2.30. The second kappa shape index (κ2) is 5.58. The van der Waals surface area contributed by atoms with Crippen molar-refractivity contribution in [2.24, 2.45) is 0 Å². The minimum atomic E-state index is -4.16. The van der Waals surface area contributed by atoms with Crippen LogP contribution in [-0.2, 0) is 13.1 Å². The smallest absolute Gasteiger partial charge is 0.330 e. The first-order chi connectivity index (χ1) is 7.44. The molecule has 0 fully saturated rings. The Hall–Kier alpha value is -0.690. The third kappa shape index (κ3) is 4.05. The van der Waals surface area contributed by atoms with Gasteiger partial charge < -0.3 is 9.88 Å². The van der Waals surface area contributed by atoms with Crippen LogP contribution in [-0.4, -0.2) is 27.9 Å². The normalized spacial score (nSPS) is 12.1. The number of nitrogens with zero attached hydrogens (tertiary/aromatic N) is 2. The number of hydrogen-bond acceptors (Lipinski definition) is 3. The highest BCUT2D eigenvalue weighted by atomic mass is 32.2. The van der Waals surface area contributed by atoms with Crippen molar-refractivity contribution >= 4 is 11.8 Å². The average Bonchev–Trinajstić information content (AvgIpc) is 2.48. The van der Waals surface area contributed by atoms with Gasteiger partial charge in [-0.05, 0) is 25.7 Å². The molecule has 0 radical (unpaired) electrons. The van der Waals surface area contributed by atoms with Crippen LogP contribution < -0.4 is 5.32 Å². The molecule has 0 amide bonds. The van der Waals surface area contributed by atoms with Gasteiger partial charge in [-0.15, -0.1) is 0 Å². The molecule has 16 heavy (non-hydrogen) atoms. The predicted molar refractivity (Wildman–Crippen MR) is 58.2 cm³/mol. The van der Waals surface area contributed by atoms with E-state index in [0.29, 0.717) is 13.1 Å². The molecule has 7 heteroatoms. The van der Waals surface area contributed by atoms with Crippen LogP contribution in [0.1, 0.15) is 11.5 Å². The van der Waals surface area contributed by atoms with Crippen molar-refractivity contribution in [3.05, 3.63) is 17.7 Å². The molecular formula is C9H14F3N3S. The lowest BCUT2D eigenvalue weighted by Crippen LogP contribution is -2.14. The summed E-state index contributed by atoms with van der Waals surface area (Å²) in [6, 6.07) is 0. The summed E-state index contributed by atoms with van der Waals surface area (Å²) in [6.07, 6.45) is 1.68. The number of aryl methyl sites for hydroxylation is 1. The Morgan fingerprint density at radius 1 is 1.50 bits per heavy atom. The van der Waals surface area contributed by atoms with E-state index in [9.17, 15) is 13.2 Å². The lowest BCUT2D eigenvalue weighted by molar-refractivity contribution is -0.0328. The van der Waals surface area contributed by atoms with Gasteiger partial charge in [-0.3, -0.25) is 0 Å². The fraction of sp³-hybridized carbons (Fsp3) is 0.667. The molecule has 1 rings (SSSR count). The molecule has 0 unspecified atom stereocenters. The quantitative estimate of drug-likeness (QED) is 0.872. The summed E-state index contributed by atoms with van der Waals surface area (Å²) < 4.78 is 37.7. The first-order valence-corrected chi connectivity index (χ1v) is 5.79. The molecule has 1 heterocycles. The molecule has 0 spiro atoms. The molecule has 0 saturated heterocycles. The highest BCUT2D eigenvalue weighted by molar-refractivity contribution is 8.00. The molecule has 0 aliphatic carbocycles. The van der Waals surface area contributed by atoms with E-state index in [1.54, 1.807) is 24.7 Å². The summed E-state index contributed by atoms with van der Waals surface area (Å²) in [6.45, 7) is 2.72. The van der Waals surface area contributed by atoms with Crippen molar-refractivity contribution in [1.82, 2.24) is 14.9 Å². The number of thioether (sulfide) groups is 1. The molecule has 0 aromatic carbocycles. The summed E-state index contributed by atoms with van der Waals surface area (Å²) in [5, 5.41) is 2.95. The van der Waals surface area contributed by atoms with Crippen molar-refractivity contribution < 1.29 is 13.2 Å². The van der Waals surface area contributed by atoms with E-state index in [2.05, 4.69) is 10.3 Å². The Bertz CT molecular complexity index is 335. The van der Waals surface area contributed by atoms with Gasteiger partial charge in [0.2, 0.25) is 0 Å². The second-order valence-electron chi connectivity index (χ2n) is 3.27. The van der Waals surface area contributed by atoms with Gasteiger partial charge in [0.1, 0.15) is 5.82 Å². The van der Waals surface area contributed by atoms with Gasteiger partial charge in [-0.25, -0.2) is 4.98 Å². The number of aromatic nitrogens is 2. The SMILES string of the molecule is CNCc1cnc(C)n1CCSC(F)(F)F. The van der Waals surface area contributed by atoms with Gasteiger partial charge >= 0.3 is 5.51 Å². The van der Waals surface area contributed by atoms with Gasteiger partial charge in [-0.2, -0.15) is 13.2 Å². The van der Waals surface area contributed by atoms with Crippen molar-refractivity contribution in [3.8, 4) is 0 Å². The van der Waals surface area contributed by atoms with E-state index in [4.69, 9.17) is 0 Å². The van der Waals surface area contributed by atoms with Crippen LogP contribution in [0.3, 0.4) is 0 Å². The predicted octanol–water partition coefficient (Wildman–Crippen LogP) is 2.16. The second-order valence-corrected chi connectivity index (χ2v) is 4.43. The van der Waals surface area contributed by atoms with E-state index in [1.807, 2.05) is 0 Å². The fourth-order valence-electron chi connectivity index (χ4n) is 1.40. The molecule has 1 aromatic rings. The zero-order valence-electron chi connectivity index (χ0n) is 9.14. The maximum absolute atomic E-state index is 12.0. The topological polar surface area (TPSA) is 29.9 Å². The molecule has 92 valence electrons. The van der Waals surface area contributed by atoms with Crippen molar-refractivity contribution in [1.29, 1.82) is 0 Å². The summed E-state index contributed by atoms with van der Waals surface area (Å²) in [5.74, 6) is 0.755. The number of halogens is 3.